The first-order valence-electron chi connectivity index (χ1n) is 10.0. The van der Waals surface area contributed by atoms with Gasteiger partial charge in [-0.3, -0.25) is 4.79 Å². The van der Waals surface area contributed by atoms with Crippen LogP contribution >= 0.6 is 0 Å². The first kappa shape index (κ1) is 21.4. The molecular formula is C21H38O3. The van der Waals surface area contributed by atoms with Gasteiger partial charge < -0.3 is 10.2 Å². The maximum atomic E-state index is 12.2. The number of Topliss-reactive ketones (excluding diaryl/α,β-unsaturated/α-hetero) is 1. The van der Waals surface area contributed by atoms with Crippen molar-refractivity contribution in [2.45, 2.75) is 103 Å². The second kappa shape index (κ2) is 11.0. The first-order chi connectivity index (χ1) is 11.4. The van der Waals surface area contributed by atoms with Crippen molar-refractivity contribution in [1.29, 1.82) is 0 Å². The van der Waals surface area contributed by atoms with Gasteiger partial charge in [0, 0.05) is 18.3 Å². The van der Waals surface area contributed by atoms with Crippen molar-refractivity contribution in [3.63, 3.8) is 0 Å². The highest BCUT2D eigenvalue weighted by Crippen LogP contribution is 2.34. The quantitative estimate of drug-likeness (QED) is 0.397. The van der Waals surface area contributed by atoms with Gasteiger partial charge >= 0.3 is 0 Å². The van der Waals surface area contributed by atoms with E-state index >= 15 is 0 Å². The molecule has 3 nitrogen and oxygen atoms in total. The predicted octanol–water partition coefficient (Wildman–Crippen LogP) is 4.80. The van der Waals surface area contributed by atoms with E-state index in [-0.39, 0.29) is 17.6 Å². The van der Waals surface area contributed by atoms with Crippen LogP contribution in [0.5, 0.6) is 0 Å². The van der Waals surface area contributed by atoms with Crippen LogP contribution in [0.25, 0.3) is 0 Å². The highest BCUT2D eigenvalue weighted by Gasteiger charge is 2.39. The number of rotatable bonds is 12. The van der Waals surface area contributed by atoms with Crippen molar-refractivity contribution < 1.29 is 15.0 Å². The fourth-order valence-electron chi connectivity index (χ4n) is 3.70. The summed E-state index contributed by atoms with van der Waals surface area (Å²) in [6.45, 7) is 6.19. The SMILES string of the molecule is CCCCCCC[C@H]1C(=O)C[C@@H](O)[C@@H]1C=CCC(C)(O)CCCC. The fraction of sp³-hybridized carbons (Fsp3) is 0.857. The van der Waals surface area contributed by atoms with Crippen molar-refractivity contribution in [2.24, 2.45) is 11.8 Å². The molecule has 0 spiro atoms. The van der Waals surface area contributed by atoms with E-state index in [2.05, 4.69) is 13.8 Å². The number of carbonyl (C=O) groups excluding carboxylic acids is 1. The Kier molecular flexibility index (Phi) is 9.84. The molecule has 24 heavy (non-hydrogen) atoms. The summed E-state index contributed by atoms with van der Waals surface area (Å²) >= 11 is 0. The molecule has 1 rings (SSSR count). The van der Waals surface area contributed by atoms with E-state index < -0.39 is 11.7 Å². The molecule has 4 atom stereocenters. The van der Waals surface area contributed by atoms with Crippen molar-refractivity contribution in [3.8, 4) is 0 Å². The Labute approximate surface area is 148 Å². The maximum Gasteiger partial charge on any atom is 0.139 e. The molecule has 1 aliphatic rings. The zero-order chi connectivity index (χ0) is 18.0. The molecule has 0 aromatic carbocycles. The lowest BCUT2D eigenvalue weighted by Gasteiger charge is -2.22. The van der Waals surface area contributed by atoms with Gasteiger partial charge in [-0.25, -0.2) is 0 Å². The molecule has 1 unspecified atom stereocenters. The van der Waals surface area contributed by atoms with Crippen LogP contribution in [0.4, 0.5) is 0 Å². The third-order valence-electron chi connectivity index (χ3n) is 5.34. The normalized spacial score (nSPS) is 27.0. The van der Waals surface area contributed by atoms with Crippen LogP contribution < -0.4 is 0 Å². The number of unbranched alkanes of at least 4 members (excludes halogenated alkanes) is 5. The zero-order valence-corrected chi connectivity index (χ0v) is 16.0. The molecule has 0 radical (unpaired) electrons. The molecule has 0 aliphatic heterocycles. The Morgan fingerprint density at radius 1 is 1.12 bits per heavy atom. The van der Waals surface area contributed by atoms with Gasteiger partial charge in [0.2, 0.25) is 0 Å². The van der Waals surface area contributed by atoms with Crippen LogP contribution in [0.1, 0.15) is 91.4 Å². The van der Waals surface area contributed by atoms with E-state index in [1.165, 1.54) is 25.7 Å². The average Bonchev–Trinajstić information content (AvgIpc) is 2.79. The number of hydrogen-bond acceptors (Lipinski definition) is 3. The predicted molar refractivity (Wildman–Crippen MR) is 99.9 cm³/mol. The van der Waals surface area contributed by atoms with E-state index in [9.17, 15) is 15.0 Å². The van der Waals surface area contributed by atoms with E-state index in [0.29, 0.717) is 12.8 Å². The van der Waals surface area contributed by atoms with Gasteiger partial charge in [0.1, 0.15) is 5.78 Å². The molecule has 1 aliphatic carbocycles. The average molecular weight is 339 g/mol. The minimum absolute atomic E-state index is 0.0292. The summed E-state index contributed by atoms with van der Waals surface area (Å²) in [5.74, 6) is 0.120. The van der Waals surface area contributed by atoms with Gasteiger partial charge in [0.05, 0.1) is 11.7 Å². The number of aliphatic hydroxyl groups is 2. The Hall–Kier alpha value is -0.670. The van der Waals surface area contributed by atoms with Gasteiger partial charge in [-0.15, -0.1) is 0 Å². The number of hydrogen-bond donors (Lipinski definition) is 2. The molecule has 0 amide bonds. The van der Waals surface area contributed by atoms with Crippen LogP contribution in [0.3, 0.4) is 0 Å². The molecule has 1 saturated carbocycles. The maximum absolute atomic E-state index is 12.2. The van der Waals surface area contributed by atoms with Crippen LogP contribution in [-0.2, 0) is 4.79 Å². The van der Waals surface area contributed by atoms with Crippen LogP contribution in [0.15, 0.2) is 12.2 Å². The molecule has 140 valence electrons. The van der Waals surface area contributed by atoms with Crippen molar-refractivity contribution in [3.05, 3.63) is 12.2 Å². The molecule has 0 aromatic rings. The van der Waals surface area contributed by atoms with E-state index in [0.717, 1.165) is 32.1 Å². The van der Waals surface area contributed by atoms with Crippen molar-refractivity contribution >= 4 is 5.78 Å². The third-order valence-corrected chi connectivity index (χ3v) is 5.34. The molecule has 0 bridgehead atoms. The Bertz CT molecular complexity index is 387. The highest BCUT2D eigenvalue weighted by atomic mass is 16.3. The third kappa shape index (κ3) is 7.48. The summed E-state index contributed by atoms with van der Waals surface area (Å²) in [7, 11) is 0. The second-order valence-corrected chi connectivity index (χ2v) is 7.86. The van der Waals surface area contributed by atoms with Gasteiger partial charge in [0.25, 0.3) is 0 Å². The molecule has 0 aromatic heterocycles. The Morgan fingerprint density at radius 2 is 1.79 bits per heavy atom. The van der Waals surface area contributed by atoms with Gasteiger partial charge in [-0.2, -0.15) is 0 Å². The zero-order valence-electron chi connectivity index (χ0n) is 16.0. The van der Waals surface area contributed by atoms with Gasteiger partial charge in [0.15, 0.2) is 0 Å². The number of ketones is 1. The molecule has 3 heteroatoms. The summed E-state index contributed by atoms with van der Waals surface area (Å²) in [5.41, 5.74) is -0.685. The Morgan fingerprint density at radius 3 is 2.46 bits per heavy atom. The summed E-state index contributed by atoms with van der Waals surface area (Å²) in [4.78, 5) is 12.2. The molecule has 0 saturated heterocycles. The van der Waals surface area contributed by atoms with Crippen LogP contribution in [-0.4, -0.2) is 27.7 Å². The monoisotopic (exact) mass is 338 g/mol. The number of aliphatic hydroxyl groups excluding tert-OH is 1. The number of carbonyl (C=O) groups is 1. The van der Waals surface area contributed by atoms with Crippen molar-refractivity contribution in [2.75, 3.05) is 0 Å². The first-order valence-corrected chi connectivity index (χ1v) is 10.0. The van der Waals surface area contributed by atoms with Gasteiger partial charge in [-0.05, 0) is 26.2 Å². The Balaban J connectivity index is 2.49. The minimum atomic E-state index is -0.685. The smallest absolute Gasteiger partial charge is 0.139 e. The topological polar surface area (TPSA) is 57.5 Å². The highest BCUT2D eigenvalue weighted by molar-refractivity contribution is 5.84. The van der Waals surface area contributed by atoms with Crippen LogP contribution in [0, 0.1) is 11.8 Å². The van der Waals surface area contributed by atoms with Gasteiger partial charge in [-0.1, -0.05) is 70.9 Å². The lowest BCUT2D eigenvalue weighted by atomic mass is 9.87. The molecule has 1 fully saturated rings. The van der Waals surface area contributed by atoms with E-state index in [4.69, 9.17) is 0 Å². The minimum Gasteiger partial charge on any atom is -0.392 e. The second-order valence-electron chi connectivity index (χ2n) is 7.86. The van der Waals surface area contributed by atoms with E-state index in [1.54, 1.807) is 0 Å². The summed E-state index contributed by atoms with van der Waals surface area (Å²) in [6, 6.07) is 0. The van der Waals surface area contributed by atoms with Crippen molar-refractivity contribution in [1.82, 2.24) is 0 Å². The fourth-order valence-corrected chi connectivity index (χ4v) is 3.70. The van der Waals surface area contributed by atoms with Crippen LogP contribution in [0.2, 0.25) is 0 Å². The summed E-state index contributed by atoms with van der Waals surface area (Å²) in [5, 5.41) is 20.6. The lowest BCUT2D eigenvalue weighted by Crippen LogP contribution is -2.23. The van der Waals surface area contributed by atoms with E-state index in [1.807, 2.05) is 19.1 Å². The summed E-state index contributed by atoms with van der Waals surface area (Å²) < 4.78 is 0. The molecule has 0 heterocycles. The lowest BCUT2D eigenvalue weighted by molar-refractivity contribution is -0.121. The molecular weight excluding hydrogens is 300 g/mol. The molecule has 2 N–H and O–H groups in total. The summed E-state index contributed by atoms with van der Waals surface area (Å²) in [6.07, 6.45) is 14.1. The standard InChI is InChI=1S/C21H38O3/c1-4-6-8-9-10-12-17-18(20(23)16-19(17)22)13-11-15-21(3,24)14-7-5-2/h11,13,17-18,20,23-24H,4-10,12,14-16H2,1-3H3/t17-,18-,20-,21?/m1/s1. The largest absolute Gasteiger partial charge is 0.392 e.